The van der Waals surface area contributed by atoms with Crippen LogP contribution < -0.4 is 5.73 Å². The van der Waals surface area contributed by atoms with Gasteiger partial charge in [0.1, 0.15) is 5.76 Å². The van der Waals surface area contributed by atoms with Crippen molar-refractivity contribution in [1.29, 1.82) is 0 Å². The maximum Gasteiger partial charge on any atom is 0.289 e. The van der Waals surface area contributed by atoms with E-state index in [-0.39, 0.29) is 24.4 Å². The van der Waals surface area contributed by atoms with E-state index in [0.717, 1.165) is 31.6 Å². The van der Waals surface area contributed by atoms with Crippen molar-refractivity contribution < 1.29 is 9.21 Å². The Hall–Kier alpha value is -1.00. The number of rotatable bonds is 3. The molecule has 1 saturated heterocycles. The molecule has 1 unspecified atom stereocenters. The summed E-state index contributed by atoms with van der Waals surface area (Å²) < 4.78 is 5.40. The van der Waals surface area contributed by atoms with Crippen LogP contribution in [0.4, 0.5) is 0 Å². The van der Waals surface area contributed by atoms with E-state index in [1.54, 1.807) is 6.07 Å². The van der Waals surface area contributed by atoms with Gasteiger partial charge in [-0.05, 0) is 51.3 Å². The van der Waals surface area contributed by atoms with Crippen molar-refractivity contribution >= 4 is 18.3 Å². The number of carbonyl (C=O) groups is 1. The molecule has 102 valence electrons. The normalized spacial score (nSPS) is 19.4. The van der Waals surface area contributed by atoms with Crippen LogP contribution in [0.1, 0.15) is 42.0 Å². The number of nitrogens with two attached hydrogens (primary N) is 1. The van der Waals surface area contributed by atoms with Gasteiger partial charge in [0.05, 0.1) is 0 Å². The largest absolute Gasteiger partial charge is 0.456 e. The molecule has 1 amide bonds. The zero-order valence-corrected chi connectivity index (χ0v) is 11.5. The van der Waals surface area contributed by atoms with Gasteiger partial charge in [-0.1, -0.05) is 0 Å². The minimum absolute atomic E-state index is 0. The van der Waals surface area contributed by atoms with Gasteiger partial charge in [0.25, 0.3) is 5.91 Å². The van der Waals surface area contributed by atoms with E-state index in [1.165, 1.54) is 6.42 Å². The highest BCUT2D eigenvalue weighted by Gasteiger charge is 2.28. The molecule has 1 atom stereocenters. The zero-order chi connectivity index (χ0) is 12.3. The van der Waals surface area contributed by atoms with Crippen molar-refractivity contribution in [1.82, 2.24) is 4.90 Å². The van der Waals surface area contributed by atoms with Gasteiger partial charge >= 0.3 is 0 Å². The molecule has 0 saturated carbocycles. The van der Waals surface area contributed by atoms with Crippen LogP contribution in [-0.2, 0) is 0 Å². The first-order chi connectivity index (χ1) is 8.22. The van der Waals surface area contributed by atoms with Crippen LogP contribution in [0.5, 0.6) is 0 Å². The van der Waals surface area contributed by atoms with Crippen LogP contribution in [0.3, 0.4) is 0 Å². The molecular formula is C13H21ClN2O2. The lowest BCUT2D eigenvalue weighted by Gasteiger charge is -2.35. The first kappa shape index (κ1) is 15.1. The van der Waals surface area contributed by atoms with Crippen LogP contribution in [-0.4, -0.2) is 29.9 Å². The molecule has 4 nitrogen and oxygen atoms in total. The lowest BCUT2D eigenvalue weighted by Crippen LogP contribution is -2.44. The van der Waals surface area contributed by atoms with Crippen molar-refractivity contribution in [3.8, 4) is 0 Å². The van der Waals surface area contributed by atoms with Crippen molar-refractivity contribution in [3.05, 3.63) is 23.7 Å². The summed E-state index contributed by atoms with van der Waals surface area (Å²) in [6.07, 6.45) is 4.20. The highest BCUT2D eigenvalue weighted by atomic mass is 35.5. The second-order valence-electron chi connectivity index (χ2n) is 4.64. The summed E-state index contributed by atoms with van der Waals surface area (Å²) in [5.41, 5.74) is 5.60. The Balaban J connectivity index is 0.00000162. The molecule has 0 bridgehead atoms. The van der Waals surface area contributed by atoms with Gasteiger partial charge in [0.2, 0.25) is 0 Å². The minimum Gasteiger partial charge on any atom is -0.456 e. The van der Waals surface area contributed by atoms with Crippen LogP contribution in [0, 0.1) is 6.92 Å². The maximum atomic E-state index is 12.3. The van der Waals surface area contributed by atoms with Gasteiger partial charge in [-0.3, -0.25) is 4.79 Å². The zero-order valence-electron chi connectivity index (χ0n) is 10.7. The molecule has 1 fully saturated rings. The molecule has 0 aromatic carbocycles. The molecule has 1 aliphatic heterocycles. The monoisotopic (exact) mass is 272 g/mol. The summed E-state index contributed by atoms with van der Waals surface area (Å²) in [7, 11) is 0. The highest BCUT2D eigenvalue weighted by molar-refractivity contribution is 5.91. The molecule has 2 rings (SSSR count). The second kappa shape index (κ2) is 6.81. The topological polar surface area (TPSA) is 59.5 Å². The summed E-state index contributed by atoms with van der Waals surface area (Å²) in [6.45, 7) is 3.30. The molecule has 18 heavy (non-hydrogen) atoms. The van der Waals surface area contributed by atoms with Crippen molar-refractivity contribution in [2.45, 2.75) is 38.6 Å². The second-order valence-corrected chi connectivity index (χ2v) is 4.64. The van der Waals surface area contributed by atoms with Crippen LogP contribution >= 0.6 is 12.4 Å². The van der Waals surface area contributed by atoms with Crippen LogP contribution in [0.25, 0.3) is 0 Å². The number of likely N-dealkylation sites (tertiary alicyclic amines) is 1. The third-order valence-corrected chi connectivity index (χ3v) is 3.34. The quantitative estimate of drug-likeness (QED) is 0.919. The van der Waals surface area contributed by atoms with Gasteiger partial charge in [-0.15, -0.1) is 12.4 Å². The Labute approximate surface area is 114 Å². The predicted molar refractivity (Wildman–Crippen MR) is 73.0 cm³/mol. The van der Waals surface area contributed by atoms with E-state index in [2.05, 4.69) is 0 Å². The number of hydrogen-bond donors (Lipinski definition) is 1. The summed E-state index contributed by atoms with van der Waals surface area (Å²) in [5.74, 6) is 1.24. The van der Waals surface area contributed by atoms with E-state index in [1.807, 2.05) is 17.9 Å². The highest BCUT2D eigenvalue weighted by Crippen LogP contribution is 2.22. The number of carbonyl (C=O) groups excluding carboxylic acids is 1. The number of piperidine rings is 1. The number of furan rings is 1. The summed E-state index contributed by atoms with van der Waals surface area (Å²) >= 11 is 0. The average molecular weight is 273 g/mol. The third-order valence-electron chi connectivity index (χ3n) is 3.34. The van der Waals surface area contributed by atoms with Gasteiger partial charge in [0.15, 0.2) is 5.76 Å². The Morgan fingerprint density at radius 2 is 2.28 bits per heavy atom. The number of amides is 1. The van der Waals surface area contributed by atoms with E-state index in [0.29, 0.717) is 12.3 Å². The first-order valence-corrected chi connectivity index (χ1v) is 6.30. The first-order valence-electron chi connectivity index (χ1n) is 6.30. The summed E-state index contributed by atoms with van der Waals surface area (Å²) in [5, 5.41) is 0. The fourth-order valence-corrected chi connectivity index (χ4v) is 2.45. The van der Waals surface area contributed by atoms with E-state index < -0.39 is 0 Å². The van der Waals surface area contributed by atoms with E-state index in [4.69, 9.17) is 10.2 Å². The van der Waals surface area contributed by atoms with Crippen molar-refractivity contribution in [3.63, 3.8) is 0 Å². The Kier molecular flexibility index (Phi) is 5.69. The Morgan fingerprint density at radius 1 is 1.50 bits per heavy atom. The van der Waals surface area contributed by atoms with E-state index >= 15 is 0 Å². The van der Waals surface area contributed by atoms with Gasteiger partial charge < -0.3 is 15.1 Å². The molecule has 0 aliphatic carbocycles. The molecule has 1 aromatic rings. The van der Waals surface area contributed by atoms with Gasteiger partial charge in [-0.2, -0.15) is 0 Å². The molecule has 1 aromatic heterocycles. The molecule has 5 heteroatoms. The number of nitrogens with zero attached hydrogens (tertiary/aromatic N) is 1. The number of hydrogen-bond acceptors (Lipinski definition) is 3. The lowest BCUT2D eigenvalue weighted by atomic mass is 9.99. The minimum atomic E-state index is 0. The molecule has 0 radical (unpaired) electrons. The molecule has 2 N–H and O–H groups in total. The fraction of sp³-hybridized carbons (Fsp3) is 0.615. The lowest BCUT2D eigenvalue weighted by molar-refractivity contribution is 0.0571. The fourth-order valence-electron chi connectivity index (χ4n) is 2.45. The smallest absolute Gasteiger partial charge is 0.289 e. The maximum absolute atomic E-state index is 12.3. The molecular weight excluding hydrogens is 252 g/mol. The molecule has 2 heterocycles. The van der Waals surface area contributed by atoms with Gasteiger partial charge in [0, 0.05) is 12.6 Å². The van der Waals surface area contributed by atoms with Crippen LogP contribution in [0.2, 0.25) is 0 Å². The Morgan fingerprint density at radius 3 is 2.89 bits per heavy atom. The standard InChI is InChI=1S/C13H20N2O2.ClH/c1-10-5-6-12(17-10)13(16)15-9-3-2-4-11(15)7-8-14;/h5-6,11H,2-4,7-9,14H2,1H3;1H. The number of aryl methyl sites for hydroxylation is 1. The SMILES string of the molecule is Cc1ccc(C(=O)N2CCCCC2CCN)o1.Cl. The van der Waals surface area contributed by atoms with Gasteiger partial charge in [-0.25, -0.2) is 0 Å². The van der Waals surface area contributed by atoms with Crippen molar-refractivity contribution in [2.75, 3.05) is 13.1 Å². The van der Waals surface area contributed by atoms with Crippen molar-refractivity contribution in [2.24, 2.45) is 5.73 Å². The average Bonchev–Trinajstić information content (AvgIpc) is 2.76. The molecule has 1 aliphatic rings. The Bertz CT molecular complexity index is 390. The van der Waals surface area contributed by atoms with Crippen LogP contribution in [0.15, 0.2) is 16.5 Å². The summed E-state index contributed by atoms with van der Waals surface area (Å²) in [6, 6.07) is 3.87. The van der Waals surface area contributed by atoms with E-state index in [9.17, 15) is 4.79 Å². The number of halogens is 1. The third kappa shape index (κ3) is 3.27. The predicted octanol–water partition coefficient (Wildman–Crippen LogP) is 2.35. The molecule has 0 spiro atoms. The summed E-state index contributed by atoms with van der Waals surface area (Å²) in [4.78, 5) is 14.2.